The number of hydrogen-bond acceptors (Lipinski definition) is 1. The first-order valence-corrected chi connectivity index (χ1v) is 19.6. The number of rotatable bonds is 5. The molecule has 0 atom stereocenters. The number of fused-ring (bicyclic) bond motifs is 9. The number of anilines is 3. The standard InChI is InChI=1S/C49H32N2Se/c1-2-12-35(13-3-1)51-45-18-8-6-15-40(45)44-29-33(23-28-47(44)51)32-21-24-36(25-22-32)50(37-26-27-42-41-16-7-9-20-48(41)52-49(42)31-37)46-19-10-17-39-38-14-5-4-11-34(38)30-43(39)46/h1-29,31H,30H2. The van der Waals surface area contributed by atoms with Crippen molar-refractivity contribution < 1.29 is 0 Å². The van der Waals surface area contributed by atoms with Gasteiger partial charge in [-0.15, -0.1) is 0 Å². The SMILES string of the molecule is c1ccc(-n2c3ccccc3c3cc(-c4ccc(N(c5ccc6c(c5)[se]c5ccccc56)c5cccc6c5Cc5ccccc5-6)cc4)ccc32)cc1. The minimum absolute atomic E-state index is 0.286. The van der Waals surface area contributed by atoms with Gasteiger partial charge in [-0.25, -0.2) is 0 Å². The van der Waals surface area contributed by atoms with Crippen molar-refractivity contribution in [3.05, 3.63) is 193 Å². The minimum Gasteiger partial charge on any atom is -0.0602 e. The Labute approximate surface area is 308 Å². The van der Waals surface area contributed by atoms with Crippen molar-refractivity contribution in [3.63, 3.8) is 0 Å². The van der Waals surface area contributed by atoms with Crippen LogP contribution < -0.4 is 4.90 Å². The molecule has 0 aliphatic heterocycles. The van der Waals surface area contributed by atoms with Crippen LogP contribution >= 0.6 is 0 Å². The third-order valence-electron chi connectivity index (χ3n) is 10.8. The smallest absolute Gasteiger partial charge is 0.0602 e. The van der Waals surface area contributed by atoms with Gasteiger partial charge in [0, 0.05) is 5.69 Å². The number of hydrogen-bond donors (Lipinski definition) is 0. The van der Waals surface area contributed by atoms with E-state index < -0.39 is 0 Å². The average Bonchev–Trinajstić information content (AvgIpc) is 3.88. The van der Waals surface area contributed by atoms with Crippen molar-refractivity contribution in [2.45, 2.75) is 6.42 Å². The third-order valence-corrected chi connectivity index (χ3v) is 13.2. The summed E-state index contributed by atoms with van der Waals surface area (Å²) in [6.45, 7) is 0. The molecule has 2 aromatic heterocycles. The number of benzene rings is 8. The molecule has 8 aromatic carbocycles. The van der Waals surface area contributed by atoms with Crippen LogP contribution in [0.15, 0.2) is 182 Å². The normalized spacial score (nSPS) is 12.2. The Bertz CT molecular complexity index is 2990. The van der Waals surface area contributed by atoms with Crippen LogP contribution in [0.1, 0.15) is 11.1 Å². The van der Waals surface area contributed by atoms with E-state index in [0.717, 1.165) is 12.1 Å². The van der Waals surface area contributed by atoms with Crippen LogP contribution in [0.25, 0.3) is 69.0 Å². The zero-order valence-corrected chi connectivity index (χ0v) is 30.0. The third kappa shape index (κ3) is 4.57. The fraction of sp³-hybridized carbons (Fsp3) is 0.0204. The Morgan fingerprint density at radius 1 is 0.442 bits per heavy atom. The summed E-state index contributed by atoms with van der Waals surface area (Å²) >= 11 is 0.286. The van der Waals surface area contributed by atoms with Gasteiger partial charge in [0.2, 0.25) is 0 Å². The quantitative estimate of drug-likeness (QED) is 0.160. The molecular weight excluding hydrogens is 696 g/mol. The molecule has 0 saturated heterocycles. The van der Waals surface area contributed by atoms with Gasteiger partial charge >= 0.3 is 239 Å². The Kier molecular flexibility index (Phi) is 6.67. The summed E-state index contributed by atoms with van der Waals surface area (Å²) in [6, 6.07) is 67.3. The molecule has 1 aliphatic rings. The molecule has 0 N–H and O–H groups in total. The van der Waals surface area contributed by atoms with Crippen LogP contribution in [0.2, 0.25) is 0 Å². The van der Waals surface area contributed by atoms with Gasteiger partial charge in [-0.2, -0.15) is 0 Å². The monoisotopic (exact) mass is 728 g/mol. The van der Waals surface area contributed by atoms with E-state index in [4.69, 9.17) is 0 Å². The van der Waals surface area contributed by atoms with Gasteiger partial charge in [0.15, 0.2) is 0 Å². The molecule has 244 valence electrons. The predicted molar refractivity (Wildman–Crippen MR) is 221 cm³/mol. The number of aromatic nitrogens is 1. The van der Waals surface area contributed by atoms with Gasteiger partial charge in [0.25, 0.3) is 0 Å². The van der Waals surface area contributed by atoms with E-state index in [0.29, 0.717) is 0 Å². The van der Waals surface area contributed by atoms with Gasteiger partial charge in [-0.1, -0.05) is 36.4 Å². The van der Waals surface area contributed by atoms with E-state index in [1.54, 1.807) is 0 Å². The molecule has 52 heavy (non-hydrogen) atoms. The molecule has 0 fully saturated rings. The van der Waals surface area contributed by atoms with Crippen molar-refractivity contribution >= 4 is 72.7 Å². The molecule has 10 aromatic rings. The van der Waals surface area contributed by atoms with Crippen LogP contribution in [0.3, 0.4) is 0 Å². The van der Waals surface area contributed by atoms with Crippen molar-refractivity contribution in [2.75, 3.05) is 4.90 Å². The molecule has 0 saturated carbocycles. The van der Waals surface area contributed by atoms with E-state index in [9.17, 15) is 0 Å². The fourth-order valence-electron chi connectivity index (χ4n) is 8.44. The van der Waals surface area contributed by atoms with Crippen LogP contribution in [-0.4, -0.2) is 19.1 Å². The van der Waals surface area contributed by atoms with Gasteiger partial charge < -0.3 is 4.57 Å². The van der Waals surface area contributed by atoms with Gasteiger partial charge in [0.05, 0.1) is 5.52 Å². The van der Waals surface area contributed by atoms with Crippen molar-refractivity contribution in [1.82, 2.24) is 4.57 Å². The van der Waals surface area contributed by atoms with Crippen molar-refractivity contribution in [3.8, 4) is 27.9 Å². The van der Waals surface area contributed by atoms with E-state index in [1.165, 1.54) is 91.5 Å². The maximum atomic E-state index is 2.49. The Balaban J connectivity index is 1.05. The molecule has 0 spiro atoms. The maximum absolute atomic E-state index is 2.49. The van der Waals surface area contributed by atoms with E-state index in [1.807, 2.05) is 0 Å². The molecular formula is C49H32N2Se. The van der Waals surface area contributed by atoms with Crippen LogP contribution in [-0.2, 0) is 6.42 Å². The molecule has 1 aliphatic carbocycles. The second kappa shape index (κ2) is 11.7. The van der Waals surface area contributed by atoms with Gasteiger partial charge in [-0.3, -0.25) is 0 Å². The fourth-order valence-corrected chi connectivity index (χ4v) is 10.8. The Morgan fingerprint density at radius 2 is 1.13 bits per heavy atom. The van der Waals surface area contributed by atoms with E-state index in [-0.39, 0.29) is 14.5 Å². The van der Waals surface area contributed by atoms with Crippen LogP contribution in [0.4, 0.5) is 17.1 Å². The van der Waals surface area contributed by atoms with Gasteiger partial charge in [0.1, 0.15) is 0 Å². The molecule has 0 radical (unpaired) electrons. The summed E-state index contributed by atoms with van der Waals surface area (Å²) in [5.74, 6) is 0. The van der Waals surface area contributed by atoms with Crippen molar-refractivity contribution in [1.29, 1.82) is 0 Å². The Hall–Kier alpha value is -6.12. The van der Waals surface area contributed by atoms with Crippen molar-refractivity contribution in [2.24, 2.45) is 0 Å². The topological polar surface area (TPSA) is 8.17 Å². The molecule has 11 rings (SSSR count). The molecule has 0 bridgehead atoms. The second-order valence-corrected chi connectivity index (χ2v) is 16.0. The minimum atomic E-state index is 0.286. The molecule has 2 heterocycles. The summed E-state index contributed by atoms with van der Waals surface area (Å²) in [7, 11) is 0. The first-order chi connectivity index (χ1) is 25.8. The summed E-state index contributed by atoms with van der Waals surface area (Å²) in [6.07, 6.45) is 0.938. The summed E-state index contributed by atoms with van der Waals surface area (Å²) < 4.78 is 5.30. The van der Waals surface area contributed by atoms with Crippen LogP contribution in [0, 0.1) is 0 Å². The van der Waals surface area contributed by atoms with Gasteiger partial charge in [-0.05, 0) is 18.2 Å². The summed E-state index contributed by atoms with van der Waals surface area (Å²) in [5, 5.41) is 5.30. The molecule has 0 unspecified atom stereocenters. The zero-order chi connectivity index (χ0) is 34.2. The summed E-state index contributed by atoms with van der Waals surface area (Å²) in [5.41, 5.74) is 15.2. The zero-order valence-electron chi connectivity index (χ0n) is 28.3. The molecule has 2 nitrogen and oxygen atoms in total. The van der Waals surface area contributed by atoms with E-state index >= 15 is 0 Å². The predicted octanol–water partition coefficient (Wildman–Crippen LogP) is 12.9. The van der Waals surface area contributed by atoms with Crippen LogP contribution in [0.5, 0.6) is 0 Å². The Morgan fingerprint density at radius 3 is 2.04 bits per heavy atom. The second-order valence-electron chi connectivity index (χ2n) is 13.7. The van der Waals surface area contributed by atoms with E-state index in [2.05, 4.69) is 191 Å². The first kappa shape index (κ1) is 29.6. The molecule has 3 heteroatoms. The molecule has 0 amide bonds. The first-order valence-electron chi connectivity index (χ1n) is 17.9. The average molecular weight is 728 g/mol. The summed E-state index contributed by atoms with van der Waals surface area (Å²) in [4.78, 5) is 2.49. The number of nitrogens with zero attached hydrogens (tertiary/aromatic N) is 2. The number of para-hydroxylation sites is 2.